The Morgan fingerprint density at radius 3 is 2.53 bits per heavy atom. The summed E-state index contributed by atoms with van der Waals surface area (Å²) in [7, 11) is 0. The van der Waals surface area contributed by atoms with Crippen molar-refractivity contribution in [3.63, 3.8) is 0 Å². The van der Waals surface area contributed by atoms with Crippen LogP contribution in [0.3, 0.4) is 0 Å². The summed E-state index contributed by atoms with van der Waals surface area (Å²) in [5.74, 6) is 2.04. The Hall–Kier alpha value is -3.95. The molecule has 202 valence electrons. The van der Waals surface area contributed by atoms with E-state index in [1.807, 2.05) is 32.0 Å². The molecule has 0 aliphatic carbocycles. The fraction of sp³-hybridized carbons (Fsp3) is 0.357. The monoisotopic (exact) mass is 530 g/mol. The molecular weight excluding hydrogens is 501 g/mol. The number of alkyl halides is 3. The van der Waals surface area contributed by atoms with E-state index < -0.39 is 17.8 Å². The van der Waals surface area contributed by atoms with E-state index in [2.05, 4.69) is 10.3 Å². The van der Waals surface area contributed by atoms with Crippen LogP contribution in [-0.4, -0.2) is 35.7 Å². The number of fused-ring (bicyclic) bond motifs is 1. The molecule has 0 bridgehead atoms. The summed E-state index contributed by atoms with van der Waals surface area (Å²) in [6, 6.07) is 14.2. The second-order valence-electron chi connectivity index (χ2n) is 9.49. The summed E-state index contributed by atoms with van der Waals surface area (Å²) in [5.41, 5.74) is 0.0248. The molecule has 1 N–H and O–H groups in total. The molecule has 7 nitrogen and oxygen atoms in total. The largest absolute Gasteiger partial charge is 0.490 e. The molecular formula is C28H29F3N2O5. The topological polar surface area (TPSA) is 78.9 Å². The smallest absolute Gasteiger partial charge is 0.417 e. The number of rotatable bonds is 10. The maximum Gasteiger partial charge on any atom is 0.417 e. The number of pyridine rings is 1. The molecule has 0 saturated heterocycles. The van der Waals surface area contributed by atoms with E-state index in [1.165, 1.54) is 0 Å². The molecule has 0 radical (unpaired) electrons. The minimum absolute atomic E-state index is 0.0245. The lowest BCUT2D eigenvalue weighted by Crippen LogP contribution is -2.37. The van der Waals surface area contributed by atoms with Crippen molar-refractivity contribution < 1.29 is 36.9 Å². The van der Waals surface area contributed by atoms with Crippen molar-refractivity contribution >= 4 is 5.91 Å². The number of para-hydroxylation sites is 1. The van der Waals surface area contributed by atoms with Gasteiger partial charge in [-0.25, -0.2) is 4.98 Å². The number of halogens is 3. The summed E-state index contributed by atoms with van der Waals surface area (Å²) in [6.07, 6.45) is -3.06. The van der Waals surface area contributed by atoms with Crippen LogP contribution in [0.4, 0.5) is 13.2 Å². The number of carbonyl (C=O) groups is 1. The first-order chi connectivity index (χ1) is 18.0. The van der Waals surface area contributed by atoms with Gasteiger partial charge in [0.25, 0.3) is 5.91 Å². The van der Waals surface area contributed by atoms with Crippen LogP contribution in [0.2, 0.25) is 0 Å². The number of amides is 1. The molecule has 0 spiro atoms. The van der Waals surface area contributed by atoms with Crippen molar-refractivity contribution in [1.29, 1.82) is 0 Å². The fourth-order valence-electron chi connectivity index (χ4n) is 3.88. The van der Waals surface area contributed by atoms with Crippen molar-refractivity contribution in [3.05, 3.63) is 71.9 Å². The van der Waals surface area contributed by atoms with Crippen molar-refractivity contribution in [2.24, 2.45) is 0 Å². The number of hydrogen-bond donors (Lipinski definition) is 1. The molecule has 2 heterocycles. The second kappa shape index (κ2) is 11.2. The summed E-state index contributed by atoms with van der Waals surface area (Å²) in [5, 5.41) is 2.83. The van der Waals surface area contributed by atoms with Crippen LogP contribution in [0.5, 0.6) is 28.9 Å². The Bertz CT molecular complexity index is 1240. The van der Waals surface area contributed by atoms with E-state index >= 15 is 0 Å². The molecule has 2 aromatic carbocycles. The summed E-state index contributed by atoms with van der Waals surface area (Å²) in [6.45, 7) is 6.55. The van der Waals surface area contributed by atoms with E-state index in [0.717, 1.165) is 29.9 Å². The average Bonchev–Trinajstić information content (AvgIpc) is 3.19. The van der Waals surface area contributed by atoms with Crippen LogP contribution >= 0.6 is 0 Å². The predicted molar refractivity (Wildman–Crippen MR) is 134 cm³/mol. The zero-order valence-corrected chi connectivity index (χ0v) is 21.3. The number of hydrogen-bond acceptors (Lipinski definition) is 6. The van der Waals surface area contributed by atoms with Crippen LogP contribution in [0.25, 0.3) is 0 Å². The van der Waals surface area contributed by atoms with Crippen LogP contribution in [-0.2, 0) is 17.4 Å². The lowest BCUT2D eigenvalue weighted by molar-refractivity contribution is -0.137. The number of ether oxygens (including phenoxy) is 4. The van der Waals surface area contributed by atoms with Gasteiger partial charge in [-0.2, -0.15) is 13.2 Å². The molecule has 3 aromatic rings. The standard InChI is InChI=1S/C28H29F3N2O5/c1-18(26(34)32-14-5-15-35-23-7-4-6-19-16-27(2,3)38-25(19)23)36-21-9-11-22(12-10-21)37-24-13-8-20(17-33-24)28(29,30)31/h4,6-13,17-18H,5,14-16H2,1-3H3,(H,32,34)/t18-/m1/s1. The van der Waals surface area contributed by atoms with Crippen molar-refractivity contribution in [1.82, 2.24) is 10.3 Å². The molecule has 0 unspecified atom stereocenters. The first-order valence-electron chi connectivity index (χ1n) is 12.2. The number of nitrogens with one attached hydrogen (secondary N) is 1. The van der Waals surface area contributed by atoms with Gasteiger partial charge in [-0.1, -0.05) is 12.1 Å². The number of aromatic nitrogens is 1. The van der Waals surface area contributed by atoms with Crippen molar-refractivity contribution in [2.75, 3.05) is 13.2 Å². The highest BCUT2D eigenvalue weighted by Crippen LogP contribution is 2.41. The van der Waals surface area contributed by atoms with Gasteiger partial charge in [-0.15, -0.1) is 0 Å². The maximum atomic E-state index is 12.6. The first kappa shape index (κ1) is 27.1. The van der Waals surface area contributed by atoms with E-state index in [0.29, 0.717) is 43.0 Å². The highest BCUT2D eigenvalue weighted by atomic mass is 19.4. The normalized spacial score (nSPS) is 14.7. The Labute approximate surface area is 218 Å². The minimum atomic E-state index is -4.46. The Morgan fingerprint density at radius 1 is 1.11 bits per heavy atom. The summed E-state index contributed by atoms with van der Waals surface area (Å²) in [4.78, 5) is 16.1. The third-order valence-corrected chi connectivity index (χ3v) is 5.72. The molecule has 1 amide bonds. The number of nitrogens with zero attached hydrogens (tertiary/aromatic N) is 1. The Morgan fingerprint density at radius 2 is 1.84 bits per heavy atom. The summed E-state index contributed by atoms with van der Waals surface area (Å²) < 4.78 is 61.0. The molecule has 1 aromatic heterocycles. The highest BCUT2D eigenvalue weighted by Gasteiger charge is 2.32. The quantitative estimate of drug-likeness (QED) is 0.326. The van der Waals surface area contributed by atoms with Crippen molar-refractivity contribution in [3.8, 4) is 28.9 Å². The van der Waals surface area contributed by atoms with Crippen LogP contribution < -0.4 is 24.3 Å². The molecule has 4 rings (SSSR count). The second-order valence-corrected chi connectivity index (χ2v) is 9.49. The van der Waals surface area contributed by atoms with E-state index in [9.17, 15) is 18.0 Å². The molecule has 1 aliphatic rings. The molecule has 1 aliphatic heterocycles. The van der Waals surface area contributed by atoms with Gasteiger partial charge >= 0.3 is 6.18 Å². The van der Waals surface area contributed by atoms with Crippen molar-refractivity contribution in [2.45, 2.75) is 51.5 Å². The zero-order valence-electron chi connectivity index (χ0n) is 21.3. The van der Waals surface area contributed by atoms with Gasteiger partial charge in [0.05, 0.1) is 12.2 Å². The van der Waals surface area contributed by atoms with Gasteiger partial charge in [-0.05, 0) is 63.6 Å². The molecule has 1 atom stereocenters. The van der Waals surface area contributed by atoms with Gasteiger partial charge in [0, 0.05) is 30.8 Å². The molecule has 10 heteroatoms. The fourth-order valence-corrected chi connectivity index (χ4v) is 3.88. The third-order valence-electron chi connectivity index (χ3n) is 5.72. The minimum Gasteiger partial charge on any atom is -0.490 e. The van der Waals surface area contributed by atoms with Gasteiger partial charge in [0.2, 0.25) is 5.88 Å². The lowest BCUT2D eigenvalue weighted by Gasteiger charge is -2.18. The van der Waals surface area contributed by atoms with Gasteiger partial charge in [-0.3, -0.25) is 4.79 Å². The Balaban J connectivity index is 1.18. The Kier molecular flexibility index (Phi) is 7.99. The predicted octanol–water partition coefficient (Wildman–Crippen LogP) is 5.96. The number of benzene rings is 2. The van der Waals surface area contributed by atoms with Crippen LogP contribution in [0.1, 0.15) is 38.3 Å². The van der Waals surface area contributed by atoms with Gasteiger partial charge in [0.1, 0.15) is 17.1 Å². The van der Waals surface area contributed by atoms with E-state index in [4.69, 9.17) is 18.9 Å². The van der Waals surface area contributed by atoms with Gasteiger partial charge < -0.3 is 24.3 Å². The molecule has 38 heavy (non-hydrogen) atoms. The third kappa shape index (κ3) is 7.08. The van der Waals surface area contributed by atoms with Gasteiger partial charge in [0.15, 0.2) is 17.6 Å². The highest BCUT2D eigenvalue weighted by molar-refractivity contribution is 5.80. The van der Waals surface area contributed by atoms with Crippen LogP contribution in [0, 0.1) is 0 Å². The maximum absolute atomic E-state index is 12.6. The van der Waals surface area contributed by atoms with E-state index in [1.54, 1.807) is 31.2 Å². The van der Waals surface area contributed by atoms with E-state index in [-0.39, 0.29) is 17.4 Å². The number of carbonyl (C=O) groups excluding carboxylic acids is 1. The SMILES string of the molecule is C[C@@H](Oc1ccc(Oc2ccc(C(F)(F)F)cn2)cc1)C(=O)NCCCOc1cccc2c1OC(C)(C)C2. The van der Waals surface area contributed by atoms with Crippen LogP contribution in [0.15, 0.2) is 60.8 Å². The molecule has 0 fully saturated rings. The lowest BCUT2D eigenvalue weighted by atomic mass is 10.0. The first-order valence-corrected chi connectivity index (χ1v) is 12.2. The molecule has 0 saturated carbocycles. The zero-order chi connectivity index (χ0) is 27.3. The average molecular weight is 531 g/mol. The summed E-state index contributed by atoms with van der Waals surface area (Å²) >= 11 is 0.